The Morgan fingerprint density at radius 3 is 2.75 bits per heavy atom. The lowest BCUT2D eigenvalue weighted by molar-refractivity contribution is -0.121. The fourth-order valence-electron chi connectivity index (χ4n) is 2.87. The zero-order valence-corrected chi connectivity index (χ0v) is 10.1. The van der Waals surface area contributed by atoms with Crippen molar-refractivity contribution in [2.45, 2.75) is 57.4 Å². The highest BCUT2D eigenvalue weighted by molar-refractivity contribution is 5.76. The quantitative estimate of drug-likeness (QED) is 0.768. The molecule has 0 aromatic carbocycles. The van der Waals surface area contributed by atoms with Crippen molar-refractivity contribution in [3.05, 3.63) is 0 Å². The van der Waals surface area contributed by atoms with Gasteiger partial charge < -0.3 is 10.6 Å². The van der Waals surface area contributed by atoms with Crippen molar-refractivity contribution >= 4 is 5.91 Å². The zero-order chi connectivity index (χ0) is 11.2. The summed E-state index contributed by atoms with van der Waals surface area (Å²) < 4.78 is 0. The first-order valence-electron chi connectivity index (χ1n) is 6.84. The van der Waals surface area contributed by atoms with Gasteiger partial charge in [-0.1, -0.05) is 19.3 Å². The molecule has 92 valence electrons. The number of carbonyl (C=O) groups excluding carboxylic acids is 1. The molecule has 1 aliphatic heterocycles. The van der Waals surface area contributed by atoms with E-state index >= 15 is 0 Å². The van der Waals surface area contributed by atoms with Gasteiger partial charge in [0, 0.05) is 19.0 Å². The zero-order valence-electron chi connectivity index (χ0n) is 10.1. The summed E-state index contributed by atoms with van der Waals surface area (Å²) in [5.74, 6) is 1.08. The average molecular weight is 224 g/mol. The first kappa shape index (κ1) is 11.9. The normalized spacial score (nSPS) is 28.5. The molecule has 0 aromatic rings. The molecule has 0 radical (unpaired) electrons. The van der Waals surface area contributed by atoms with Crippen LogP contribution in [0.1, 0.15) is 51.4 Å². The van der Waals surface area contributed by atoms with E-state index < -0.39 is 0 Å². The van der Waals surface area contributed by atoms with Crippen LogP contribution in [0.2, 0.25) is 0 Å². The van der Waals surface area contributed by atoms with Gasteiger partial charge in [-0.15, -0.1) is 0 Å². The summed E-state index contributed by atoms with van der Waals surface area (Å²) in [5, 5.41) is 6.53. The van der Waals surface area contributed by atoms with Crippen molar-refractivity contribution in [2.24, 2.45) is 5.92 Å². The van der Waals surface area contributed by atoms with Gasteiger partial charge in [0.2, 0.25) is 5.91 Å². The molecule has 2 rings (SSSR count). The maximum Gasteiger partial charge on any atom is 0.221 e. The van der Waals surface area contributed by atoms with Crippen LogP contribution >= 0.6 is 0 Å². The summed E-state index contributed by atoms with van der Waals surface area (Å²) >= 11 is 0. The minimum absolute atomic E-state index is 0.221. The molecule has 1 heterocycles. The number of rotatable bonds is 3. The van der Waals surface area contributed by atoms with Crippen LogP contribution in [0.3, 0.4) is 0 Å². The molecule has 2 fully saturated rings. The van der Waals surface area contributed by atoms with Crippen LogP contribution < -0.4 is 10.6 Å². The standard InChI is InChI=1S/C13H24N2O/c16-13-9-12(7-4-8-14-13)15-10-11-5-2-1-3-6-11/h11-12,15H,1-10H2,(H,14,16). The fraction of sp³-hybridized carbons (Fsp3) is 0.923. The van der Waals surface area contributed by atoms with Gasteiger partial charge in [-0.2, -0.15) is 0 Å². The van der Waals surface area contributed by atoms with Crippen LogP contribution in [-0.2, 0) is 4.79 Å². The number of nitrogens with one attached hydrogen (secondary N) is 2. The molecule has 0 spiro atoms. The summed E-state index contributed by atoms with van der Waals surface area (Å²) in [6.07, 6.45) is 9.92. The molecule has 1 amide bonds. The van der Waals surface area contributed by atoms with Crippen LogP contribution in [-0.4, -0.2) is 25.0 Å². The average Bonchev–Trinajstić information content (AvgIpc) is 2.52. The molecule has 1 unspecified atom stereocenters. The molecule has 3 heteroatoms. The van der Waals surface area contributed by atoms with Crippen molar-refractivity contribution in [3.63, 3.8) is 0 Å². The van der Waals surface area contributed by atoms with Crippen LogP contribution in [0.25, 0.3) is 0 Å². The van der Waals surface area contributed by atoms with Crippen molar-refractivity contribution in [3.8, 4) is 0 Å². The van der Waals surface area contributed by atoms with Crippen molar-refractivity contribution in [1.29, 1.82) is 0 Å². The lowest BCUT2D eigenvalue weighted by Crippen LogP contribution is -2.36. The second-order valence-corrected chi connectivity index (χ2v) is 5.31. The Labute approximate surface area is 98.4 Å². The summed E-state index contributed by atoms with van der Waals surface area (Å²) in [6, 6.07) is 0.421. The molecule has 2 aliphatic rings. The SMILES string of the molecule is O=C1CC(NCC2CCCCC2)CCCN1. The third-order valence-electron chi connectivity index (χ3n) is 3.90. The number of carbonyl (C=O) groups is 1. The Balaban J connectivity index is 1.69. The number of hydrogen-bond donors (Lipinski definition) is 2. The van der Waals surface area contributed by atoms with Gasteiger partial charge in [0.25, 0.3) is 0 Å². The topological polar surface area (TPSA) is 41.1 Å². The van der Waals surface area contributed by atoms with Crippen LogP contribution in [0, 0.1) is 5.92 Å². The van der Waals surface area contributed by atoms with Crippen molar-refractivity contribution < 1.29 is 4.79 Å². The largest absolute Gasteiger partial charge is 0.356 e. The summed E-state index contributed by atoms with van der Waals surface area (Å²) in [4.78, 5) is 11.4. The Hall–Kier alpha value is -0.570. The maximum atomic E-state index is 11.4. The van der Waals surface area contributed by atoms with Crippen molar-refractivity contribution in [1.82, 2.24) is 10.6 Å². The lowest BCUT2D eigenvalue weighted by Gasteiger charge is -2.24. The summed E-state index contributed by atoms with van der Waals surface area (Å²) in [5.41, 5.74) is 0. The molecule has 0 bridgehead atoms. The summed E-state index contributed by atoms with van der Waals surface area (Å²) in [7, 11) is 0. The highest BCUT2D eigenvalue weighted by atomic mass is 16.1. The second-order valence-electron chi connectivity index (χ2n) is 5.31. The highest BCUT2D eigenvalue weighted by Gasteiger charge is 2.19. The van der Waals surface area contributed by atoms with Crippen LogP contribution in [0.4, 0.5) is 0 Å². The molecule has 1 atom stereocenters. The van der Waals surface area contributed by atoms with E-state index in [2.05, 4.69) is 10.6 Å². The predicted molar refractivity (Wildman–Crippen MR) is 65.2 cm³/mol. The van der Waals surface area contributed by atoms with Gasteiger partial charge in [0.15, 0.2) is 0 Å². The Morgan fingerprint density at radius 2 is 1.94 bits per heavy atom. The predicted octanol–water partition coefficient (Wildman–Crippen LogP) is 1.82. The monoisotopic (exact) mass is 224 g/mol. The summed E-state index contributed by atoms with van der Waals surface area (Å²) in [6.45, 7) is 1.98. The molecule has 16 heavy (non-hydrogen) atoms. The minimum atomic E-state index is 0.221. The minimum Gasteiger partial charge on any atom is -0.356 e. The van der Waals surface area contributed by atoms with E-state index in [9.17, 15) is 4.79 Å². The molecule has 2 N–H and O–H groups in total. The van der Waals surface area contributed by atoms with E-state index in [1.807, 2.05) is 0 Å². The first-order valence-corrected chi connectivity index (χ1v) is 6.84. The number of hydrogen-bond acceptors (Lipinski definition) is 2. The van der Waals surface area contributed by atoms with Gasteiger partial charge in [0.1, 0.15) is 0 Å². The molecule has 3 nitrogen and oxygen atoms in total. The highest BCUT2D eigenvalue weighted by Crippen LogP contribution is 2.23. The molecule has 0 aromatic heterocycles. The van der Waals surface area contributed by atoms with E-state index in [4.69, 9.17) is 0 Å². The molecule has 1 aliphatic carbocycles. The van der Waals surface area contributed by atoms with Crippen LogP contribution in [0.5, 0.6) is 0 Å². The Bertz CT molecular complexity index is 224. The molecule has 1 saturated heterocycles. The third kappa shape index (κ3) is 3.78. The fourth-order valence-corrected chi connectivity index (χ4v) is 2.87. The van der Waals surface area contributed by atoms with Gasteiger partial charge in [-0.05, 0) is 38.1 Å². The van der Waals surface area contributed by atoms with Gasteiger partial charge in [-0.3, -0.25) is 4.79 Å². The molecular formula is C13H24N2O. The van der Waals surface area contributed by atoms with Gasteiger partial charge in [0.05, 0.1) is 0 Å². The van der Waals surface area contributed by atoms with Gasteiger partial charge >= 0.3 is 0 Å². The van der Waals surface area contributed by atoms with Crippen LogP contribution in [0.15, 0.2) is 0 Å². The Kier molecular flexibility index (Phi) is 4.64. The van der Waals surface area contributed by atoms with E-state index in [1.54, 1.807) is 0 Å². The number of amides is 1. The van der Waals surface area contributed by atoms with E-state index in [0.717, 1.165) is 31.8 Å². The maximum absolute atomic E-state index is 11.4. The second kappa shape index (κ2) is 6.24. The van der Waals surface area contributed by atoms with E-state index in [0.29, 0.717) is 12.5 Å². The van der Waals surface area contributed by atoms with E-state index in [1.165, 1.54) is 32.1 Å². The molecular weight excluding hydrogens is 200 g/mol. The Morgan fingerprint density at radius 1 is 1.12 bits per heavy atom. The smallest absolute Gasteiger partial charge is 0.221 e. The lowest BCUT2D eigenvalue weighted by atomic mass is 9.89. The van der Waals surface area contributed by atoms with Crippen molar-refractivity contribution in [2.75, 3.05) is 13.1 Å². The third-order valence-corrected chi connectivity index (χ3v) is 3.90. The van der Waals surface area contributed by atoms with E-state index in [-0.39, 0.29) is 5.91 Å². The van der Waals surface area contributed by atoms with Gasteiger partial charge in [-0.25, -0.2) is 0 Å². The molecule has 1 saturated carbocycles. The first-order chi connectivity index (χ1) is 7.84.